The van der Waals surface area contributed by atoms with Crippen molar-refractivity contribution in [2.75, 3.05) is 6.61 Å². The van der Waals surface area contributed by atoms with Gasteiger partial charge in [-0.05, 0) is 65.7 Å². The molecule has 0 aliphatic heterocycles. The van der Waals surface area contributed by atoms with Gasteiger partial charge in [0.15, 0.2) is 0 Å². The quantitative estimate of drug-likeness (QED) is 0.589. The zero-order valence-electron chi connectivity index (χ0n) is 19.7. The van der Waals surface area contributed by atoms with Crippen molar-refractivity contribution in [1.82, 2.24) is 10.2 Å². The summed E-state index contributed by atoms with van der Waals surface area (Å²) in [5.74, 6) is 0.600. The van der Waals surface area contributed by atoms with Gasteiger partial charge in [0.25, 0.3) is 0 Å². The first-order valence-corrected chi connectivity index (χ1v) is 10.9. The van der Waals surface area contributed by atoms with E-state index in [1.807, 2.05) is 77.1 Å². The molecule has 0 aliphatic carbocycles. The minimum Gasteiger partial charge on any atom is -0.494 e. The number of carbonyl (C=O) groups is 2. The summed E-state index contributed by atoms with van der Waals surface area (Å²) in [7, 11) is 0. The van der Waals surface area contributed by atoms with E-state index >= 15 is 0 Å². The molecule has 0 fully saturated rings. The minimum atomic E-state index is -0.565. The van der Waals surface area contributed by atoms with Gasteiger partial charge in [-0.25, -0.2) is 0 Å². The van der Waals surface area contributed by atoms with Crippen molar-refractivity contribution in [2.45, 2.75) is 72.5 Å². The Morgan fingerprint density at radius 2 is 1.71 bits per heavy atom. The highest BCUT2D eigenvalue weighted by atomic mass is 16.5. The van der Waals surface area contributed by atoms with Gasteiger partial charge >= 0.3 is 0 Å². The van der Waals surface area contributed by atoms with E-state index in [0.717, 1.165) is 16.9 Å². The highest BCUT2D eigenvalue weighted by molar-refractivity contribution is 5.87. The van der Waals surface area contributed by atoms with E-state index in [4.69, 9.17) is 4.74 Å². The first-order chi connectivity index (χ1) is 14.5. The number of nitrogens with zero attached hydrogens (tertiary/aromatic N) is 1. The monoisotopic (exact) mass is 424 g/mol. The third kappa shape index (κ3) is 8.44. The fourth-order valence-electron chi connectivity index (χ4n) is 3.26. The lowest BCUT2D eigenvalue weighted by Gasteiger charge is -2.31. The van der Waals surface area contributed by atoms with Crippen LogP contribution in [0.25, 0.3) is 0 Å². The summed E-state index contributed by atoms with van der Waals surface area (Å²) in [6.07, 6.45) is 0.912. The van der Waals surface area contributed by atoms with Crippen LogP contribution in [0.15, 0.2) is 48.5 Å². The van der Waals surface area contributed by atoms with Gasteiger partial charge in [-0.15, -0.1) is 0 Å². The highest BCUT2D eigenvalue weighted by Gasteiger charge is 2.28. The Morgan fingerprint density at radius 3 is 2.32 bits per heavy atom. The molecular formula is C26H36N2O3. The van der Waals surface area contributed by atoms with Crippen LogP contribution in [0.3, 0.4) is 0 Å². The summed E-state index contributed by atoms with van der Waals surface area (Å²) in [4.78, 5) is 27.5. The zero-order chi connectivity index (χ0) is 23.0. The van der Waals surface area contributed by atoms with Crippen molar-refractivity contribution < 1.29 is 14.3 Å². The largest absolute Gasteiger partial charge is 0.494 e. The Kier molecular flexibility index (Phi) is 8.66. The number of carbonyl (C=O) groups excluding carboxylic acids is 2. The van der Waals surface area contributed by atoms with Gasteiger partial charge < -0.3 is 15.0 Å². The van der Waals surface area contributed by atoms with Gasteiger partial charge in [0.1, 0.15) is 11.8 Å². The van der Waals surface area contributed by atoms with Gasteiger partial charge in [-0.3, -0.25) is 9.59 Å². The summed E-state index contributed by atoms with van der Waals surface area (Å²) in [6.45, 7) is 12.5. The molecular weight excluding hydrogens is 388 g/mol. The van der Waals surface area contributed by atoms with Gasteiger partial charge in [0, 0.05) is 18.5 Å². The second kappa shape index (κ2) is 11.0. The van der Waals surface area contributed by atoms with Crippen molar-refractivity contribution in [1.29, 1.82) is 0 Å². The summed E-state index contributed by atoms with van der Waals surface area (Å²) >= 11 is 0. The average molecular weight is 425 g/mol. The number of aryl methyl sites for hydroxylation is 2. The van der Waals surface area contributed by atoms with Crippen LogP contribution in [0.1, 0.15) is 57.2 Å². The molecule has 2 rings (SSSR count). The maximum absolute atomic E-state index is 13.1. The molecule has 0 aliphatic rings. The molecule has 5 nitrogen and oxygen atoms in total. The molecule has 0 saturated heterocycles. The van der Waals surface area contributed by atoms with E-state index in [1.165, 1.54) is 5.56 Å². The summed E-state index contributed by atoms with van der Waals surface area (Å²) in [6, 6.07) is 15.3. The first kappa shape index (κ1) is 24.4. The molecule has 0 saturated carbocycles. The predicted octanol–water partition coefficient (Wildman–Crippen LogP) is 4.79. The molecule has 2 aromatic carbocycles. The summed E-state index contributed by atoms with van der Waals surface area (Å²) in [5.41, 5.74) is 2.96. The van der Waals surface area contributed by atoms with E-state index in [9.17, 15) is 9.59 Å². The second-order valence-electron chi connectivity index (χ2n) is 9.19. The van der Waals surface area contributed by atoms with Crippen molar-refractivity contribution >= 4 is 11.8 Å². The fourth-order valence-corrected chi connectivity index (χ4v) is 3.26. The lowest BCUT2D eigenvalue weighted by Crippen LogP contribution is -2.52. The topological polar surface area (TPSA) is 58.6 Å². The molecule has 0 unspecified atom stereocenters. The van der Waals surface area contributed by atoms with E-state index in [2.05, 4.69) is 11.4 Å². The van der Waals surface area contributed by atoms with E-state index < -0.39 is 6.04 Å². The molecule has 0 bridgehead atoms. The van der Waals surface area contributed by atoms with Gasteiger partial charge in [0.05, 0.1) is 6.61 Å². The highest BCUT2D eigenvalue weighted by Crippen LogP contribution is 2.15. The van der Waals surface area contributed by atoms with Crippen LogP contribution in [0.2, 0.25) is 0 Å². The van der Waals surface area contributed by atoms with Crippen LogP contribution in [-0.4, -0.2) is 34.9 Å². The van der Waals surface area contributed by atoms with Gasteiger partial charge in [-0.1, -0.05) is 47.5 Å². The van der Waals surface area contributed by atoms with E-state index in [-0.39, 0.29) is 17.4 Å². The first-order valence-electron chi connectivity index (χ1n) is 10.9. The number of rotatable bonds is 9. The second-order valence-corrected chi connectivity index (χ2v) is 9.19. The fraction of sp³-hybridized carbons (Fsp3) is 0.462. The molecule has 31 heavy (non-hydrogen) atoms. The Labute approximate surface area is 186 Å². The molecule has 2 aromatic rings. The van der Waals surface area contributed by atoms with Crippen molar-refractivity contribution in [3.05, 3.63) is 65.2 Å². The third-order valence-corrected chi connectivity index (χ3v) is 4.93. The van der Waals surface area contributed by atoms with Crippen LogP contribution in [0, 0.1) is 13.8 Å². The van der Waals surface area contributed by atoms with Crippen LogP contribution in [0.4, 0.5) is 0 Å². The molecule has 2 amide bonds. The number of nitrogens with one attached hydrogen (secondary N) is 1. The normalized spacial score (nSPS) is 12.2. The molecule has 168 valence electrons. The van der Waals surface area contributed by atoms with Crippen molar-refractivity contribution in [3.63, 3.8) is 0 Å². The zero-order valence-corrected chi connectivity index (χ0v) is 19.7. The molecule has 1 atom stereocenters. The Bertz CT molecular complexity index is 869. The predicted molar refractivity (Wildman–Crippen MR) is 125 cm³/mol. The van der Waals surface area contributed by atoms with Gasteiger partial charge in [-0.2, -0.15) is 0 Å². The molecule has 5 heteroatoms. The number of benzene rings is 2. The van der Waals surface area contributed by atoms with E-state index in [0.29, 0.717) is 26.0 Å². The molecule has 0 spiro atoms. The van der Waals surface area contributed by atoms with Crippen LogP contribution >= 0.6 is 0 Å². The lowest BCUT2D eigenvalue weighted by molar-refractivity contribution is -0.141. The summed E-state index contributed by atoms with van der Waals surface area (Å²) in [5, 5.41) is 2.99. The number of ether oxygens (including phenoxy) is 1. The lowest BCUT2D eigenvalue weighted by atomic mass is 10.1. The molecule has 0 aromatic heterocycles. The van der Waals surface area contributed by atoms with Crippen LogP contribution < -0.4 is 10.1 Å². The number of hydrogen-bond acceptors (Lipinski definition) is 3. The van der Waals surface area contributed by atoms with E-state index in [1.54, 1.807) is 11.8 Å². The summed E-state index contributed by atoms with van der Waals surface area (Å²) < 4.78 is 5.75. The van der Waals surface area contributed by atoms with Crippen LogP contribution in [-0.2, 0) is 16.1 Å². The van der Waals surface area contributed by atoms with Crippen molar-refractivity contribution in [3.8, 4) is 5.75 Å². The SMILES string of the molecule is Cc1ccc(OCCCC(=O)N(Cc2cccc(C)c2)[C@H](C)C(=O)NC(C)(C)C)cc1. The maximum atomic E-state index is 13.1. The smallest absolute Gasteiger partial charge is 0.242 e. The van der Waals surface area contributed by atoms with Gasteiger partial charge in [0.2, 0.25) is 11.8 Å². The molecule has 0 heterocycles. The standard InChI is InChI=1S/C26H36N2O3/c1-19-12-14-23(15-13-19)31-16-8-11-24(29)28(18-22-10-7-9-20(2)17-22)21(3)25(30)27-26(4,5)6/h7,9-10,12-15,17,21H,8,11,16,18H2,1-6H3,(H,27,30)/t21-/m1/s1. The Balaban J connectivity index is 2.02. The molecule has 1 N–H and O–H groups in total. The number of amides is 2. The van der Waals surface area contributed by atoms with Crippen LogP contribution in [0.5, 0.6) is 5.75 Å². The Hall–Kier alpha value is -2.82. The minimum absolute atomic E-state index is 0.0504. The number of hydrogen-bond donors (Lipinski definition) is 1. The third-order valence-electron chi connectivity index (χ3n) is 4.93. The van der Waals surface area contributed by atoms with Crippen molar-refractivity contribution in [2.24, 2.45) is 0 Å². The maximum Gasteiger partial charge on any atom is 0.242 e. The molecule has 0 radical (unpaired) electrons. The average Bonchev–Trinajstić information content (AvgIpc) is 2.69. The Morgan fingerprint density at radius 1 is 1.03 bits per heavy atom.